The average molecular weight is 427 g/mol. The zero-order valence-corrected chi connectivity index (χ0v) is 17.3. The van der Waals surface area contributed by atoms with Crippen molar-refractivity contribution in [2.75, 3.05) is 11.9 Å². The smallest absolute Gasteiger partial charge is 0.224 e. The Hall–Kier alpha value is -3.55. The number of anilines is 1. The van der Waals surface area contributed by atoms with E-state index in [-0.39, 0.29) is 41.9 Å². The molecule has 0 aliphatic rings. The fourth-order valence-electron chi connectivity index (χ4n) is 3.10. The molecule has 0 spiro atoms. The van der Waals surface area contributed by atoms with E-state index in [0.29, 0.717) is 18.8 Å². The molecule has 3 aromatic rings. The Labute approximate surface area is 178 Å². The van der Waals surface area contributed by atoms with Gasteiger partial charge in [0.05, 0.1) is 11.8 Å². The number of halogens is 2. The third-order valence-electron chi connectivity index (χ3n) is 4.73. The van der Waals surface area contributed by atoms with Gasteiger partial charge in [-0.1, -0.05) is 12.1 Å². The number of rotatable bonds is 8. The summed E-state index contributed by atoms with van der Waals surface area (Å²) in [5.41, 5.74) is 1.64. The lowest BCUT2D eigenvalue weighted by Gasteiger charge is -2.19. The van der Waals surface area contributed by atoms with Crippen LogP contribution in [-0.2, 0) is 22.6 Å². The second-order valence-corrected chi connectivity index (χ2v) is 7.02. The first-order chi connectivity index (χ1) is 14.9. The van der Waals surface area contributed by atoms with Gasteiger partial charge in [0.15, 0.2) is 11.7 Å². The molecule has 6 nitrogen and oxygen atoms in total. The zero-order chi connectivity index (χ0) is 22.4. The topological polar surface area (TPSA) is 75.4 Å². The molecular formula is C23H23F2N3O3. The van der Waals surface area contributed by atoms with E-state index >= 15 is 0 Å². The Kier molecular flexibility index (Phi) is 7.12. The molecular weight excluding hydrogens is 404 g/mol. The van der Waals surface area contributed by atoms with E-state index in [2.05, 4.69) is 10.3 Å². The molecule has 0 aliphatic heterocycles. The Morgan fingerprint density at radius 2 is 1.97 bits per heavy atom. The largest absolute Gasteiger partial charge is 0.441 e. The SMILES string of the molecule is CCN(Cc1cccc(NC(=O)CCc2ncc(-c3ccc(F)cc3F)o2)c1)C(C)=O. The van der Waals surface area contributed by atoms with Crippen LogP contribution in [0.5, 0.6) is 0 Å². The molecule has 0 saturated heterocycles. The number of aryl methyl sites for hydroxylation is 1. The van der Waals surface area contributed by atoms with Gasteiger partial charge < -0.3 is 14.6 Å². The fourth-order valence-corrected chi connectivity index (χ4v) is 3.10. The zero-order valence-electron chi connectivity index (χ0n) is 17.3. The van der Waals surface area contributed by atoms with Crippen LogP contribution in [0.15, 0.2) is 53.1 Å². The van der Waals surface area contributed by atoms with E-state index < -0.39 is 11.6 Å². The first-order valence-electron chi connectivity index (χ1n) is 9.90. The first-order valence-corrected chi connectivity index (χ1v) is 9.90. The normalized spacial score (nSPS) is 10.7. The van der Waals surface area contributed by atoms with Crippen LogP contribution in [-0.4, -0.2) is 28.2 Å². The lowest BCUT2D eigenvalue weighted by Crippen LogP contribution is -2.27. The quantitative estimate of drug-likeness (QED) is 0.572. The number of aromatic nitrogens is 1. The van der Waals surface area contributed by atoms with Crippen molar-refractivity contribution in [3.05, 3.63) is 71.8 Å². The molecule has 2 aromatic carbocycles. The third-order valence-corrected chi connectivity index (χ3v) is 4.73. The number of nitrogens with zero attached hydrogens (tertiary/aromatic N) is 2. The first kappa shape index (κ1) is 22.1. The van der Waals surface area contributed by atoms with E-state index in [1.54, 1.807) is 11.0 Å². The highest BCUT2D eigenvalue weighted by Gasteiger charge is 2.13. The molecule has 2 amide bonds. The van der Waals surface area contributed by atoms with Crippen molar-refractivity contribution >= 4 is 17.5 Å². The highest BCUT2D eigenvalue weighted by molar-refractivity contribution is 5.90. The van der Waals surface area contributed by atoms with Gasteiger partial charge in [-0.05, 0) is 36.8 Å². The van der Waals surface area contributed by atoms with Gasteiger partial charge in [0.1, 0.15) is 11.6 Å². The molecule has 0 aliphatic carbocycles. The van der Waals surface area contributed by atoms with Gasteiger partial charge in [0.2, 0.25) is 11.8 Å². The summed E-state index contributed by atoms with van der Waals surface area (Å²) >= 11 is 0. The molecule has 3 rings (SSSR count). The van der Waals surface area contributed by atoms with E-state index in [1.165, 1.54) is 19.2 Å². The van der Waals surface area contributed by atoms with Crippen LogP contribution < -0.4 is 5.32 Å². The highest BCUT2D eigenvalue weighted by Crippen LogP contribution is 2.24. The summed E-state index contributed by atoms with van der Waals surface area (Å²) in [4.78, 5) is 29.7. The molecule has 1 N–H and O–H groups in total. The number of carbonyl (C=O) groups is 2. The van der Waals surface area contributed by atoms with Crippen molar-refractivity contribution in [2.24, 2.45) is 0 Å². The van der Waals surface area contributed by atoms with E-state index in [0.717, 1.165) is 17.7 Å². The third kappa shape index (κ3) is 5.97. The molecule has 1 heterocycles. The molecule has 0 saturated carbocycles. The number of oxazole rings is 1. The molecule has 8 heteroatoms. The van der Waals surface area contributed by atoms with Crippen molar-refractivity contribution in [1.82, 2.24) is 9.88 Å². The number of benzene rings is 2. The maximum atomic E-state index is 13.9. The monoisotopic (exact) mass is 427 g/mol. The van der Waals surface area contributed by atoms with Crippen molar-refractivity contribution in [1.29, 1.82) is 0 Å². The lowest BCUT2D eigenvalue weighted by atomic mass is 10.1. The van der Waals surface area contributed by atoms with Crippen LogP contribution in [0.2, 0.25) is 0 Å². The fraction of sp³-hybridized carbons (Fsp3) is 0.261. The number of carbonyl (C=O) groups excluding carboxylic acids is 2. The molecule has 162 valence electrons. The number of amides is 2. The molecule has 0 bridgehead atoms. The van der Waals surface area contributed by atoms with Crippen molar-refractivity contribution in [3.63, 3.8) is 0 Å². The summed E-state index contributed by atoms with van der Waals surface area (Å²) < 4.78 is 32.4. The Bertz CT molecular complexity index is 1080. The van der Waals surface area contributed by atoms with Gasteiger partial charge in [-0.3, -0.25) is 9.59 Å². The van der Waals surface area contributed by atoms with E-state index in [1.807, 2.05) is 25.1 Å². The van der Waals surface area contributed by atoms with Crippen molar-refractivity contribution in [2.45, 2.75) is 33.2 Å². The molecule has 31 heavy (non-hydrogen) atoms. The Morgan fingerprint density at radius 3 is 2.68 bits per heavy atom. The summed E-state index contributed by atoms with van der Waals surface area (Å²) in [6.45, 7) is 4.50. The predicted molar refractivity (Wildman–Crippen MR) is 112 cm³/mol. The molecule has 0 atom stereocenters. The summed E-state index contributed by atoms with van der Waals surface area (Å²) in [7, 11) is 0. The van der Waals surface area contributed by atoms with Crippen molar-refractivity contribution < 1.29 is 22.8 Å². The van der Waals surface area contributed by atoms with Crippen LogP contribution in [0.1, 0.15) is 31.7 Å². The summed E-state index contributed by atoms with van der Waals surface area (Å²) in [5.74, 6) is -1.21. The number of nitrogens with one attached hydrogen (secondary N) is 1. The standard InChI is InChI=1S/C23H23F2N3O3/c1-3-28(15(2)29)14-16-5-4-6-18(11-16)27-22(30)9-10-23-26-13-21(31-23)19-8-7-17(24)12-20(19)25/h4-8,11-13H,3,9-10,14H2,1-2H3,(H,27,30). The molecule has 0 unspecified atom stereocenters. The lowest BCUT2D eigenvalue weighted by molar-refractivity contribution is -0.129. The number of hydrogen-bond donors (Lipinski definition) is 1. The highest BCUT2D eigenvalue weighted by atomic mass is 19.1. The Morgan fingerprint density at radius 1 is 1.16 bits per heavy atom. The Balaban J connectivity index is 1.57. The van der Waals surface area contributed by atoms with Crippen LogP contribution in [0.25, 0.3) is 11.3 Å². The van der Waals surface area contributed by atoms with Gasteiger partial charge in [-0.2, -0.15) is 0 Å². The minimum Gasteiger partial charge on any atom is -0.441 e. The van der Waals surface area contributed by atoms with Crippen LogP contribution in [0.3, 0.4) is 0 Å². The predicted octanol–water partition coefficient (Wildman–Crippen LogP) is 4.56. The van der Waals surface area contributed by atoms with Gasteiger partial charge in [-0.25, -0.2) is 13.8 Å². The average Bonchev–Trinajstić information content (AvgIpc) is 3.19. The maximum Gasteiger partial charge on any atom is 0.224 e. The molecule has 0 fully saturated rings. The summed E-state index contributed by atoms with van der Waals surface area (Å²) in [6.07, 6.45) is 1.69. The second-order valence-electron chi connectivity index (χ2n) is 7.02. The number of hydrogen-bond acceptors (Lipinski definition) is 4. The minimum atomic E-state index is -0.744. The maximum absolute atomic E-state index is 13.9. The van der Waals surface area contributed by atoms with E-state index in [4.69, 9.17) is 4.42 Å². The molecule has 0 radical (unpaired) electrons. The van der Waals surface area contributed by atoms with Crippen LogP contribution in [0.4, 0.5) is 14.5 Å². The van der Waals surface area contributed by atoms with Gasteiger partial charge in [-0.15, -0.1) is 0 Å². The van der Waals surface area contributed by atoms with Gasteiger partial charge in [0.25, 0.3) is 0 Å². The molecule has 1 aromatic heterocycles. The second kappa shape index (κ2) is 9.97. The van der Waals surface area contributed by atoms with Crippen LogP contribution in [0, 0.1) is 11.6 Å². The van der Waals surface area contributed by atoms with Gasteiger partial charge >= 0.3 is 0 Å². The van der Waals surface area contributed by atoms with Crippen molar-refractivity contribution in [3.8, 4) is 11.3 Å². The minimum absolute atomic E-state index is 0.0113. The van der Waals surface area contributed by atoms with Crippen LogP contribution >= 0.6 is 0 Å². The van der Waals surface area contributed by atoms with Gasteiger partial charge in [0, 0.05) is 44.6 Å². The summed E-state index contributed by atoms with van der Waals surface area (Å²) in [6, 6.07) is 10.5. The van der Waals surface area contributed by atoms with E-state index in [9.17, 15) is 18.4 Å². The summed E-state index contributed by atoms with van der Waals surface area (Å²) in [5, 5.41) is 2.81.